The van der Waals surface area contributed by atoms with Gasteiger partial charge >= 0.3 is 11.9 Å². The van der Waals surface area contributed by atoms with Gasteiger partial charge in [0.2, 0.25) is 0 Å². The maximum absolute atomic E-state index is 11.9. The fraction of sp³-hybridized carbons (Fsp3) is 0.0769. The highest BCUT2D eigenvalue weighted by Crippen LogP contribution is 2.31. The Balaban J connectivity index is 2.22. The highest BCUT2D eigenvalue weighted by atomic mass is 32.2. The minimum Gasteiger partial charge on any atom is -0.480 e. The summed E-state index contributed by atoms with van der Waals surface area (Å²) < 4.78 is 0. The second kappa shape index (κ2) is 5.80. The van der Waals surface area contributed by atoms with E-state index in [1.807, 2.05) is 0 Å². The number of thioether (sulfide) groups is 1. The monoisotopic (exact) mass is 307 g/mol. The summed E-state index contributed by atoms with van der Waals surface area (Å²) in [6, 6.07) is 5.73. The molecule has 8 heteroatoms. The van der Waals surface area contributed by atoms with E-state index in [2.05, 4.69) is 0 Å². The average molecular weight is 307 g/mol. The molecule has 0 aromatic heterocycles. The summed E-state index contributed by atoms with van der Waals surface area (Å²) in [7, 11) is 0. The Labute approximate surface area is 122 Å². The second-order valence-electron chi connectivity index (χ2n) is 4.09. The summed E-state index contributed by atoms with van der Waals surface area (Å²) in [5.74, 6) is -3.01. The van der Waals surface area contributed by atoms with Crippen molar-refractivity contribution < 1.29 is 29.4 Å². The van der Waals surface area contributed by atoms with Gasteiger partial charge in [0.25, 0.3) is 11.1 Å². The Hall–Kier alpha value is -2.61. The summed E-state index contributed by atoms with van der Waals surface area (Å²) in [5, 5.41) is 16.8. The van der Waals surface area contributed by atoms with Gasteiger partial charge in [0, 0.05) is 0 Å². The van der Waals surface area contributed by atoms with Crippen LogP contribution in [0.15, 0.2) is 29.2 Å². The lowest BCUT2D eigenvalue weighted by Crippen LogP contribution is -2.33. The number of benzene rings is 1. The van der Waals surface area contributed by atoms with Crippen LogP contribution in [0.1, 0.15) is 15.9 Å². The van der Waals surface area contributed by atoms with Gasteiger partial charge < -0.3 is 10.2 Å². The molecule has 2 N–H and O–H groups in total. The molecule has 0 unspecified atom stereocenters. The number of imide groups is 1. The molecule has 108 valence electrons. The highest BCUT2D eigenvalue weighted by molar-refractivity contribution is 8.18. The zero-order valence-corrected chi connectivity index (χ0v) is 11.3. The van der Waals surface area contributed by atoms with Crippen molar-refractivity contribution in [1.82, 2.24) is 4.90 Å². The number of aliphatic carboxylic acids is 1. The largest absolute Gasteiger partial charge is 0.480 e. The van der Waals surface area contributed by atoms with Gasteiger partial charge in [-0.25, -0.2) is 4.79 Å². The Bertz CT molecular complexity index is 664. The third kappa shape index (κ3) is 3.29. The van der Waals surface area contributed by atoms with Gasteiger partial charge in [0.05, 0.1) is 10.5 Å². The Morgan fingerprint density at radius 3 is 2.29 bits per heavy atom. The predicted molar refractivity (Wildman–Crippen MR) is 73.7 cm³/mol. The number of carbonyl (C=O) groups excluding carboxylic acids is 2. The van der Waals surface area contributed by atoms with Gasteiger partial charge in [-0.2, -0.15) is 0 Å². The fourth-order valence-corrected chi connectivity index (χ4v) is 2.48. The first-order chi connectivity index (χ1) is 9.88. The van der Waals surface area contributed by atoms with Crippen LogP contribution in [0.2, 0.25) is 0 Å². The van der Waals surface area contributed by atoms with Crippen LogP contribution >= 0.6 is 11.8 Å². The van der Waals surface area contributed by atoms with E-state index in [4.69, 9.17) is 10.2 Å². The lowest BCUT2D eigenvalue weighted by atomic mass is 10.1. The molecule has 0 spiro atoms. The van der Waals surface area contributed by atoms with Crippen molar-refractivity contribution in [3.8, 4) is 0 Å². The summed E-state index contributed by atoms with van der Waals surface area (Å²) in [4.78, 5) is 45.5. The van der Waals surface area contributed by atoms with Crippen LogP contribution in [0.5, 0.6) is 0 Å². The molecule has 2 amide bonds. The number of hydrogen-bond acceptors (Lipinski definition) is 5. The molecule has 7 nitrogen and oxygen atoms in total. The number of rotatable bonds is 4. The van der Waals surface area contributed by atoms with Gasteiger partial charge in [-0.1, -0.05) is 12.1 Å². The Kier molecular flexibility index (Phi) is 4.08. The van der Waals surface area contributed by atoms with Crippen LogP contribution < -0.4 is 0 Å². The van der Waals surface area contributed by atoms with E-state index in [1.54, 1.807) is 0 Å². The first-order valence-electron chi connectivity index (χ1n) is 5.69. The minimum absolute atomic E-state index is 0.101. The molecule has 1 aliphatic rings. The Morgan fingerprint density at radius 2 is 1.76 bits per heavy atom. The molecule has 1 aromatic rings. The maximum Gasteiger partial charge on any atom is 0.335 e. The first kappa shape index (κ1) is 14.8. The summed E-state index contributed by atoms with van der Waals surface area (Å²) in [6.07, 6.45) is 1.42. The molecule has 0 saturated carbocycles. The molecule has 0 bridgehead atoms. The smallest absolute Gasteiger partial charge is 0.335 e. The normalized spacial score (nSPS) is 16.6. The topological polar surface area (TPSA) is 112 Å². The van der Waals surface area contributed by atoms with Crippen LogP contribution in [0.3, 0.4) is 0 Å². The van der Waals surface area contributed by atoms with Crippen molar-refractivity contribution in [3.63, 3.8) is 0 Å². The number of amides is 2. The molecular formula is C13H9NO6S. The van der Waals surface area contributed by atoms with Gasteiger partial charge in [-0.15, -0.1) is 0 Å². The van der Waals surface area contributed by atoms with Gasteiger partial charge in [-0.05, 0) is 35.5 Å². The van der Waals surface area contributed by atoms with Crippen molar-refractivity contribution in [2.24, 2.45) is 0 Å². The molecule has 2 rings (SSSR count). The van der Waals surface area contributed by atoms with E-state index in [1.165, 1.54) is 30.3 Å². The average Bonchev–Trinajstić information content (AvgIpc) is 2.67. The van der Waals surface area contributed by atoms with E-state index in [0.29, 0.717) is 22.2 Å². The van der Waals surface area contributed by atoms with Crippen LogP contribution in [0.25, 0.3) is 6.08 Å². The number of hydrogen-bond donors (Lipinski definition) is 2. The van der Waals surface area contributed by atoms with Crippen LogP contribution in [0, 0.1) is 0 Å². The SMILES string of the molecule is O=C(O)CN1C(=O)SC(=Cc2ccc(C(=O)O)cc2)C1=O. The number of aromatic carboxylic acids is 1. The summed E-state index contributed by atoms with van der Waals surface area (Å²) >= 11 is 0.648. The quantitative estimate of drug-likeness (QED) is 0.811. The third-order valence-electron chi connectivity index (χ3n) is 2.62. The van der Waals surface area contributed by atoms with Crippen molar-refractivity contribution in [1.29, 1.82) is 0 Å². The lowest BCUT2D eigenvalue weighted by molar-refractivity contribution is -0.140. The molecule has 1 heterocycles. The molecule has 1 fully saturated rings. The van der Waals surface area contributed by atoms with Crippen LogP contribution in [0.4, 0.5) is 4.79 Å². The molecule has 1 saturated heterocycles. The van der Waals surface area contributed by atoms with Crippen molar-refractivity contribution in [3.05, 3.63) is 40.3 Å². The molecule has 1 aromatic carbocycles. The molecule has 1 aliphatic heterocycles. The third-order valence-corrected chi connectivity index (χ3v) is 3.53. The zero-order chi connectivity index (χ0) is 15.6. The summed E-state index contributed by atoms with van der Waals surface area (Å²) in [5.41, 5.74) is 0.645. The molecular weight excluding hydrogens is 298 g/mol. The number of carbonyl (C=O) groups is 4. The van der Waals surface area contributed by atoms with E-state index < -0.39 is 29.6 Å². The molecule has 0 atom stereocenters. The minimum atomic E-state index is -1.27. The van der Waals surface area contributed by atoms with Crippen LogP contribution in [-0.4, -0.2) is 44.7 Å². The standard InChI is InChI=1S/C13H9NO6S/c15-10(16)6-14-11(17)9(21-13(14)20)5-7-1-3-8(4-2-7)12(18)19/h1-5H,6H2,(H,15,16)(H,18,19). The first-order valence-corrected chi connectivity index (χ1v) is 6.50. The van der Waals surface area contributed by atoms with Gasteiger partial charge in [0.1, 0.15) is 6.54 Å². The predicted octanol–water partition coefficient (Wildman–Crippen LogP) is 1.51. The maximum atomic E-state index is 11.9. The molecule has 0 aliphatic carbocycles. The molecule has 0 radical (unpaired) electrons. The number of nitrogens with zero attached hydrogens (tertiary/aromatic N) is 1. The zero-order valence-electron chi connectivity index (χ0n) is 10.5. The highest BCUT2D eigenvalue weighted by Gasteiger charge is 2.36. The summed E-state index contributed by atoms with van der Waals surface area (Å²) in [6.45, 7) is -0.681. The van der Waals surface area contributed by atoms with E-state index in [0.717, 1.165) is 0 Å². The fourth-order valence-electron chi connectivity index (χ4n) is 1.64. The Morgan fingerprint density at radius 1 is 1.14 bits per heavy atom. The van der Waals surface area contributed by atoms with Crippen molar-refractivity contribution >= 4 is 40.9 Å². The number of carboxylic acid groups (broad SMARTS) is 2. The number of carboxylic acids is 2. The lowest BCUT2D eigenvalue weighted by Gasteiger charge is -2.07. The van der Waals surface area contributed by atoms with Crippen LogP contribution in [-0.2, 0) is 9.59 Å². The van der Waals surface area contributed by atoms with Crippen molar-refractivity contribution in [2.75, 3.05) is 6.54 Å². The molecule has 21 heavy (non-hydrogen) atoms. The van der Waals surface area contributed by atoms with E-state index in [9.17, 15) is 19.2 Å². The van der Waals surface area contributed by atoms with Gasteiger partial charge in [-0.3, -0.25) is 19.3 Å². The second-order valence-corrected chi connectivity index (χ2v) is 5.08. The van der Waals surface area contributed by atoms with E-state index in [-0.39, 0.29) is 10.5 Å². The van der Waals surface area contributed by atoms with Crippen molar-refractivity contribution in [2.45, 2.75) is 0 Å². The van der Waals surface area contributed by atoms with E-state index >= 15 is 0 Å². The van der Waals surface area contributed by atoms with Gasteiger partial charge in [0.15, 0.2) is 0 Å².